The van der Waals surface area contributed by atoms with E-state index in [1.54, 1.807) is 6.07 Å². The summed E-state index contributed by atoms with van der Waals surface area (Å²) in [6, 6.07) is 5.39. The van der Waals surface area contributed by atoms with Crippen LogP contribution < -0.4 is 0 Å². The zero-order valence-electron chi connectivity index (χ0n) is 7.94. The van der Waals surface area contributed by atoms with Gasteiger partial charge in [0.05, 0.1) is 11.3 Å². The van der Waals surface area contributed by atoms with Crippen LogP contribution in [0.5, 0.6) is 0 Å². The Morgan fingerprint density at radius 1 is 1.25 bits per heavy atom. The van der Waals surface area contributed by atoms with Gasteiger partial charge in [-0.15, -0.1) is 12.6 Å². The molecule has 0 aliphatic heterocycles. The summed E-state index contributed by atoms with van der Waals surface area (Å²) in [6.07, 6.45) is -1.53. The standard InChI is InChI=1S/C10H7F3N2S/c11-10(12,13)8-6-7(16)2-3-9(8)15-5-1-4-14-15/h1-6,16H. The zero-order chi connectivity index (χ0) is 11.8. The van der Waals surface area contributed by atoms with Gasteiger partial charge < -0.3 is 0 Å². The van der Waals surface area contributed by atoms with Crippen LogP contribution in [-0.4, -0.2) is 9.78 Å². The maximum Gasteiger partial charge on any atom is 0.418 e. The van der Waals surface area contributed by atoms with Gasteiger partial charge in [0.25, 0.3) is 0 Å². The van der Waals surface area contributed by atoms with E-state index in [-0.39, 0.29) is 10.6 Å². The number of halogens is 3. The minimum Gasteiger partial charge on any atom is -0.240 e. The number of benzene rings is 1. The average molecular weight is 244 g/mol. The molecule has 1 aromatic heterocycles. The predicted molar refractivity (Wildman–Crippen MR) is 55.8 cm³/mol. The van der Waals surface area contributed by atoms with Crippen molar-refractivity contribution in [3.05, 3.63) is 42.2 Å². The SMILES string of the molecule is FC(F)(F)c1cc(S)ccc1-n1cccn1. The molecular weight excluding hydrogens is 237 g/mol. The molecule has 2 nitrogen and oxygen atoms in total. The van der Waals surface area contributed by atoms with Crippen molar-refractivity contribution in [1.82, 2.24) is 9.78 Å². The first-order valence-corrected chi connectivity index (χ1v) is 4.83. The molecule has 0 amide bonds. The number of nitrogens with zero attached hydrogens (tertiary/aromatic N) is 2. The number of hydrogen-bond acceptors (Lipinski definition) is 2. The highest BCUT2D eigenvalue weighted by Crippen LogP contribution is 2.34. The van der Waals surface area contributed by atoms with Crippen LogP contribution in [0.2, 0.25) is 0 Å². The molecular formula is C10H7F3N2S. The molecule has 1 aromatic carbocycles. The average Bonchev–Trinajstić information content (AvgIpc) is 2.69. The quantitative estimate of drug-likeness (QED) is 0.763. The summed E-state index contributed by atoms with van der Waals surface area (Å²) in [6.45, 7) is 0. The van der Waals surface area contributed by atoms with Crippen molar-refractivity contribution in [1.29, 1.82) is 0 Å². The molecule has 0 fully saturated rings. The van der Waals surface area contributed by atoms with Crippen LogP contribution in [0.3, 0.4) is 0 Å². The Kier molecular flexibility index (Phi) is 2.67. The third-order valence-corrected chi connectivity index (χ3v) is 2.31. The fraction of sp³-hybridized carbons (Fsp3) is 0.100. The van der Waals surface area contributed by atoms with E-state index in [0.717, 1.165) is 6.07 Å². The molecule has 0 aliphatic carbocycles. The van der Waals surface area contributed by atoms with Gasteiger partial charge in [-0.25, -0.2) is 4.68 Å². The molecule has 0 saturated carbocycles. The minimum atomic E-state index is -4.42. The highest BCUT2D eigenvalue weighted by atomic mass is 32.1. The van der Waals surface area contributed by atoms with Gasteiger partial charge in [-0.2, -0.15) is 18.3 Å². The molecule has 16 heavy (non-hydrogen) atoms. The first-order chi connectivity index (χ1) is 7.48. The van der Waals surface area contributed by atoms with Crippen LogP contribution in [0.1, 0.15) is 5.56 Å². The maximum absolute atomic E-state index is 12.7. The summed E-state index contributed by atoms with van der Waals surface area (Å²) in [5.41, 5.74) is -0.751. The predicted octanol–water partition coefficient (Wildman–Crippen LogP) is 3.18. The summed E-state index contributed by atoms with van der Waals surface area (Å²) >= 11 is 3.90. The van der Waals surface area contributed by atoms with E-state index in [1.165, 1.54) is 29.2 Å². The van der Waals surface area contributed by atoms with Crippen molar-refractivity contribution in [2.75, 3.05) is 0 Å². The minimum absolute atomic E-state index is 0.00435. The largest absolute Gasteiger partial charge is 0.418 e. The third-order valence-electron chi connectivity index (χ3n) is 2.04. The molecule has 0 unspecified atom stereocenters. The molecule has 0 bridgehead atoms. The van der Waals surface area contributed by atoms with Gasteiger partial charge in [-0.3, -0.25) is 0 Å². The highest BCUT2D eigenvalue weighted by molar-refractivity contribution is 7.80. The van der Waals surface area contributed by atoms with E-state index in [2.05, 4.69) is 17.7 Å². The third kappa shape index (κ3) is 2.06. The van der Waals surface area contributed by atoms with Gasteiger partial charge in [0.2, 0.25) is 0 Å². The molecule has 0 N–H and O–H groups in total. The molecule has 0 radical (unpaired) electrons. The summed E-state index contributed by atoms with van der Waals surface area (Å²) in [5.74, 6) is 0. The fourth-order valence-corrected chi connectivity index (χ4v) is 1.57. The summed E-state index contributed by atoms with van der Waals surface area (Å²) in [7, 11) is 0. The second kappa shape index (κ2) is 3.86. The normalized spacial score (nSPS) is 11.8. The van der Waals surface area contributed by atoms with Crippen LogP contribution in [0.25, 0.3) is 5.69 Å². The van der Waals surface area contributed by atoms with E-state index in [0.29, 0.717) is 0 Å². The van der Waals surface area contributed by atoms with Gasteiger partial charge in [0.1, 0.15) is 0 Å². The Balaban J connectivity index is 2.62. The van der Waals surface area contributed by atoms with E-state index in [4.69, 9.17) is 0 Å². The Morgan fingerprint density at radius 2 is 2.00 bits per heavy atom. The van der Waals surface area contributed by atoms with Crippen molar-refractivity contribution in [3.63, 3.8) is 0 Å². The van der Waals surface area contributed by atoms with Crippen molar-refractivity contribution < 1.29 is 13.2 Å². The van der Waals surface area contributed by atoms with Crippen LogP contribution in [0.15, 0.2) is 41.6 Å². The first kappa shape index (κ1) is 11.1. The van der Waals surface area contributed by atoms with Gasteiger partial charge in [0, 0.05) is 17.3 Å². The Labute approximate surface area is 95.1 Å². The number of aromatic nitrogens is 2. The summed E-state index contributed by atoms with van der Waals surface area (Å²) in [5, 5.41) is 3.78. The van der Waals surface area contributed by atoms with E-state index >= 15 is 0 Å². The van der Waals surface area contributed by atoms with Crippen molar-refractivity contribution in [3.8, 4) is 5.69 Å². The molecule has 0 aliphatic rings. The van der Waals surface area contributed by atoms with E-state index in [9.17, 15) is 13.2 Å². The van der Waals surface area contributed by atoms with Gasteiger partial charge in [0.15, 0.2) is 0 Å². The van der Waals surface area contributed by atoms with Crippen LogP contribution in [-0.2, 0) is 6.18 Å². The topological polar surface area (TPSA) is 17.8 Å². The Bertz CT molecular complexity index is 491. The fourth-order valence-electron chi connectivity index (χ4n) is 1.36. The lowest BCUT2D eigenvalue weighted by Crippen LogP contribution is -2.11. The second-order valence-electron chi connectivity index (χ2n) is 3.15. The molecule has 6 heteroatoms. The smallest absolute Gasteiger partial charge is 0.240 e. The second-order valence-corrected chi connectivity index (χ2v) is 3.67. The highest BCUT2D eigenvalue weighted by Gasteiger charge is 2.34. The number of alkyl halides is 3. The lowest BCUT2D eigenvalue weighted by atomic mass is 10.1. The van der Waals surface area contributed by atoms with Gasteiger partial charge in [-0.05, 0) is 24.3 Å². The van der Waals surface area contributed by atoms with Crippen LogP contribution >= 0.6 is 12.6 Å². The molecule has 84 valence electrons. The van der Waals surface area contributed by atoms with Crippen LogP contribution in [0, 0.1) is 0 Å². The van der Waals surface area contributed by atoms with E-state index < -0.39 is 11.7 Å². The molecule has 2 rings (SSSR count). The van der Waals surface area contributed by atoms with Crippen molar-refractivity contribution in [2.24, 2.45) is 0 Å². The monoisotopic (exact) mass is 244 g/mol. The van der Waals surface area contributed by atoms with Gasteiger partial charge >= 0.3 is 6.18 Å². The molecule has 1 heterocycles. The zero-order valence-corrected chi connectivity index (χ0v) is 8.83. The lowest BCUT2D eigenvalue weighted by Gasteiger charge is -2.13. The molecule has 0 atom stereocenters. The van der Waals surface area contributed by atoms with Crippen molar-refractivity contribution >= 4 is 12.6 Å². The van der Waals surface area contributed by atoms with Gasteiger partial charge in [-0.1, -0.05) is 0 Å². The number of hydrogen-bond donors (Lipinski definition) is 1. The first-order valence-electron chi connectivity index (χ1n) is 4.39. The Hall–Kier alpha value is -1.43. The number of thiol groups is 1. The number of rotatable bonds is 1. The Morgan fingerprint density at radius 3 is 2.56 bits per heavy atom. The summed E-state index contributed by atoms with van der Waals surface area (Å²) < 4.78 is 39.4. The maximum atomic E-state index is 12.7. The summed E-state index contributed by atoms with van der Waals surface area (Å²) in [4.78, 5) is 0.267. The van der Waals surface area contributed by atoms with E-state index in [1.807, 2.05) is 0 Å². The molecule has 0 spiro atoms. The molecule has 0 saturated heterocycles. The van der Waals surface area contributed by atoms with Crippen LogP contribution in [0.4, 0.5) is 13.2 Å². The van der Waals surface area contributed by atoms with Crippen molar-refractivity contribution in [2.45, 2.75) is 11.1 Å². The lowest BCUT2D eigenvalue weighted by molar-refractivity contribution is -0.137. The molecule has 2 aromatic rings.